The van der Waals surface area contributed by atoms with Crippen molar-refractivity contribution in [2.24, 2.45) is 0 Å². The van der Waals surface area contributed by atoms with Crippen LogP contribution in [0.2, 0.25) is 10.0 Å². The van der Waals surface area contributed by atoms with Gasteiger partial charge in [0.15, 0.2) is 11.5 Å². The zero-order chi connectivity index (χ0) is 27.6. The molecule has 1 aliphatic heterocycles. The topological polar surface area (TPSA) is 94.5 Å². The molecule has 198 valence electrons. The normalized spacial score (nSPS) is 16.5. The molecule has 1 saturated heterocycles. The minimum atomic E-state index is -1.07. The highest BCUT2D eigenvalue weighted by molar-refractivity contribution is 6.52. The number of nitrogens with zero attached hydrogens (tertiary/aromatic N) is 1. The Balaban J connectivity index is 2.05. The van der Waals surface area contributed by atoms with E-state index in [2.05, 4.69) is 0 Å². The van der Waals surface area contributed by atoms with Gasteiger partial charge in [0.05, 0.1) is 55.8 Å². The highest BCUT2D eigenvalue weighted by Gasteiger charge is 2.48. The number of anilines is 1. The van der Waals surface area contributed by atoms with Crippen LogP contribution in [0.5, 0.6) is 23.0 Å². The molecule has 0 aliphatic carbocycles. The van der Waals surface area contributed by atoms with E-state index in [1.165, 1.54) is 38.4 Å². The minimum Gasteiger partial charge on any atom is -0.507 e. The van der Waals surface area contributed by atoms with Crippen LogP contribution in [-0.2, 0) is 9.59 Å². The van der Waals surface area contributed by atoms with Gasteiger partial charge in [-0.1, -0.05) is 41.4 Å². The summed E-state index contributed by atoms with van der Waals surface area (Å²) >= 11 is 12.5. The zero-order valence-electron chi connectivity index (χ0n) is 21.1. The van der Waals surface area contributed by atoms with Gasteiger partial charge in [-0.15, -0.1) is 0 Å². The molecule has 1 heterocycles. The molecule has 1 atom stereocenters. The molecule has 1 N–H and O–H groups in total. The van der Waals surface area contributed by atoms with Gasteiger partial charge in [-0.3, -0.25) is 14.5 Å². The van der Waals surface area contributed by atoms with Gasteiger partial charge in [0.2, 0.25) is 0 Å². The van der Waals surface area contributed by atoms with Crippen LogP contribution in [0.4, 0.5) is 5.69 Å². The standard InChI is InChI=1S/C28H25Cl2NO7/c1-5-38-22-12-15(10-11-21(22)36-3)24-23(25(32)17-13-16(29)14-18(30)27(17)37-4)26(33)28(34)31(24)19-8-6-7-9-20(19)35-2/h6-14,24,32H,5H2,1-4H3/b25-23+. The monoisotopic (exact) mass is 557 g/mol. The molecule has 0 spiro atoms. The van der Waals surface area contributed by atoms with Crippen LogP contribution >= 0.6 is 23.2 Å². The zero-order valence-corrected chi connectivity index (χ0v) is 22.6. The van der Waals surface area contributed by atoms with E-state index < -0.39 is 23.5 Å². The maximum Gasteiger partial charge on any atom is 0.300 e. The lowest BCUT2D eigenvalue weighted by atomic mass is 9.94. The number of halogens is 2. The predicted octanol–water partition coefficient (Wildman–Crippen LogP) is 6.04. The first-order chi connectivity index (χ1) is 18.3. The number of ketones is 1. The molecule has 4 rings (SSSR count). The average Bonchev–Trinajstić information content (AvgIpc) is 3.17. The number of ether oxygens (including phenoxy) is 4. The van der Waals surface area contributed by atoms with E-state index in [0.717, 1.165) is 0 Å². The number of benzene rings is 3. The lowest BCUT2D eigenvalue weighted by molar-refractivity contribution is -0.132. The largest absolute Gasteiger partial charge is 0.507 e. The van der Waals surface area contributed by atoms with E-state index in [4.69, 9.17) is 42.1 Å². The number of para-hydroxylation sites is 2. The molecule has 1 aliphatic rings. The van der Waals surface area contributed by atoms with Crippen molar-refractivity contribution in [1.29, 1.82) is 0 Å². The van der Waals surface area contributed by atoms with Crippen LogP contribution in [0.3, 0.4) is 0 Å². The van der Waals surface area contributed by atoms with E-state index in [1.807, 2.05) is 6.92 Å². The Hall–Kier alpha value is -3.88. The summed E-state index contributed by atoms with van der Waals surface area (Å²) < 4.78 is 22.0. The van der Waals surface area contributed by atoms with Gasteiger partial charge in [-0.2, -0.15) is 0 Å². The van der Waals surface area contributed by atoms with Gasteiger partial charge in [0, 0.05) is 5.02 Å². The molecular weight excluding hydrogens is 533 g/mol. The second kappa shape index (κ2) is 11.2. The molecule has 3 aromatic rings. The van der Waals surface area contributed by atoms with Crippen molar-refractivity contribution in [1.82, 2.24) is 0 Å². The first-order valence-corrected chi connectivity index (χ1v) is 12.3. The highest BCUT2D eigenvalue weighted by Crippen LogP contribution is 2.47. The first kappa shape index (κ1) is 27.2. The van der Waals surface area contributed by atoms with Gasteiger partial charge < -0.3 is 24.1 Å². The number of aliphatic hydroxyl groups is 1. The fourth-order valence-corrected chi connectivity index (χ4v) is 5.02. The van der Waals surface area contributed by atoms with Crippen LogP contribution in [0, 0.1) is 0 Å². The third kappa shape index (κ3) is 4.73. The molecule has 3 aromatic carbocycles. The summed E-state index contributed by atoms with van der Waals surface area (Å²) in [6.45, 7) is 2.17. The van der Waals surface area contributed by atoms with Crippen molar-refractivity contribution in [3.63, 3.8) is 0 Å². The molecular formula is C28H25Cl2NO7. The summed E-state index contributed by atoms with van der Waals surface area (Å²) in [5, 5.41) is 11.9. The summed E-state index contributed by atoms with van der Waals surface area (Å²) in [6.07, 6.45) is 0. The number of rotatable bonds is 8. The number of amides is 1. The lowest BCUT2D eigenvalue weighted by Gasteiger charge is -2.27. The number of hydrogen-bond acceptors (Lipinski definition) is 7. The third-order valence-electron chi connectivity index (χ3n) is 6.06. The molecule has 10 heteroatoms. The molecule has 8 nitrogen and oxygen atoms in total. The van der Waals surface area contributed by atoms with E-state index in [1.54, 1.807) is 42.5 Å². The first-order valence-electron chi connectivity index (χ1n) is 11.5. The average molecular weight is 558 g/mol. The van der Waals surface area contributed by atoms with Gasteiger partial charge in [-0.25, -0.2) is 0 Å². The Morgan fingerprint density at radius 2 is 1.63 bits per heavy atom. The van der Waals surface area contributed by atoms with Crippen LogP contribution in [0.15, 0.2) is 60.2 Å². The minimum absolute atomic E-state index is 0.0616. The van der Waals surface area contributed by atoms with E-state index in [-0.39, 0.29) is 26.9 Å². The Morgan fingerprint density at radius 3 is 2.29 bits per heavy atom. The van der Waals surface area contributed by atoms with Crippen molar-refractivity contribution in [2.45, 2.75) is 13.0 Å². The van der Waals surface area contributed by atoms with Gasteiger partial charge in [0.25, 0.3) is 11.7 Å². The second-order valence-electron chi connectivity index (χ2n) is 8.15. The molecule has 1 unspecified atom stereocenters. The number of aliphatic hydroxyl groups excluding tert-OH is 1. The molecule has 0 aromatic heterocycles. The Morgan fingerprint density at radius 1 is 0.921 bits per heavy atom. The summed E-state index contributed by atoms with van der Waals surface area (Å²) in [5.74, 6) is -0.940. The number of Topliss-reactive ketones (excluding diaryl/α,β-unsaturated/α-hetero) is 1. The summed E-state index contributed by atoms with van der Waals surface area (Å²) in [6, 6.07) is 13.6. The van der Waals surface area contributed by atoms with Crippen LogP contribution in [-0.4, -0.2) is 44.7 Å². The van der Waals surface area contributed by atoms with Crippen LogP contribution in [0.1, 0.15) is 24.1 Å². The summed E-state index contributed by atoms with van der Waals surface area (Å²) in [4.78, 5) is 28.4. The number of carbonyl (C=O) groups is 2. The number of hydrogen-bond donors (Lipinski definition) is 1. The van der Waals surface area contributed by atoms with Gasteiger partial charge in [-0.05, 0) is 48.9 Å². The SMILES string of the molecule is CCOc1cc(C2/C(=C(\O)c3cc(Cl)cc(Cl)c3OC)C(=O)C(=O)N2c2ccccc2OC)ccc1OC. The summed E-state index contributed by atoms with van der Waals surface area (Å²) in [7, 11) is 4.34. The lowest BCUT2D eigenvalue weighted by Crippen LogP contribution is -2.29. The van der Waals surface area contributed by atoms with Crippen LogP contribution in [0.25, 0.3) is 5.76 Å². The van der Waals surface area contributed by atoms with Crippen molar-refractivity contribution in [3.8, 4) is 23.0 Å². The third-order valence-corrected chi connectivity index (χ3v) is 6.56. The molecule has 1 fully saturated rings. The molecule has 1 amide bonds. The van der Waals surface area contributed by atoms with Crippen molar-refractivity contribution < 1.29 is 33.6 Å². The Labute approximate surface area is 229 Å². The smallest absolute Gasteiger partial charge is 0.300 e. The summed E-state index contributed by atoms with van der Waals surface area (Å²) in [5.41, 5.74) is 0.691. The van der Waals surface area contributed by atoms with E-state index in [9.17, 15) is 14.7 Å². The maximum atomic E-state index is 13.6. The van der Waals surface area contributed by atoms with E-state index in [0.29, 0.717) is 35.1 Å². The Bertz CT molecular complexity index is 1440. The van der Waals surface area contributed by atoms with Crippen molar-refractivity contribution in [3.05, 3.63) is 81.3 Å². The van der Waals surface area contributed by atoms with Gasteiger partial charge in [0.1, 0.15) is 17.3 Å². The maximum absolute atomic E-state index is 13.6. The van der Waals surface area contributed by atoms with Gasteiger partial charge >= 0.3 is 0 Å². The van der Waals surface area contributed by atoms with Crippen LogP contribution < -0.4 is 23.8 Å². The molecule has 0 radical (unpaired) electrons. The fourth-order valence-electron chi connectivity index (χ4n) is 4.45. The second-order valence-corrected chi connectivity index (χ2v) is 9.00. The highest BCUT2D eigenvalue weighted by atomic mass is 35.5. The molecule has 38 heavy (non-hydrogen) atoms. The van der Waals surface area contributed by atoms with Crippen molar-refractivity contribution in [2.75, 3.05) is 32.8 Å². The Kier molecular flexibility index (Phi) is 8.04. The van der Waals surface area contributed by atoms with Crippen molar-refractivity contribution >= 4 is 46.3 Å². The quantitative estimate of drug-likeness (QED) is 0.205. The molecule has 0 bridgehead atoms. The van der Waals surface area contributed by atoms with E-state index >= 15 is 0 Å². The number of methoxy groups -OCH3 is 3. The fraction of sp³-hybridized carbons (Fsp3) is 0.214. The predicted molar refractivity (Wildman–Crippen MR) is 145 cm³/mol. The molecule has 0 saturated carbocycles. The number of carbonyl (C=O) groups excluding carboxylic acids is 2.